The van der Waals surface area contributed by atoms with E-state index in [2.05, 4.69) is 17.0 Å². The van der Waals surface area contributed by atoms with Crippen molar-refractivity contribution in [2.45, 2.75) is 57.5 Å². The van der Waals surface area contributed by atoms with Crippen molar-refractivity contribution in [3.63, 3.8) is 0 Å². The summed E-state index contributed by atoms with van der Waals surface area (Å²) in [5.74, 6) is 0.606. The third-order valence-corrected chi connectivity index (χ3v) is 8.93. The van der Waals surface area contributed by atoms with Crippen LogP contribution in [0, 0.1) is 0 Å². The second-order valence-corrected chi connectivity index (χ2v) is 11.9. The number of methoxy groups -OCH3 is 1. The summed E-state index contributed by atoms with van der Waals surface area (Å²) in [5, 5.41) is 0.996. The summed E-state index contributed by atoms with van der Waals surface area (Å²) >= 11 is 13.0. The molecule has 5 nitrogen and oxygen atoms in total. The second-order valence-electron chi connectivity index (χ2n) is 11.0. The molecular weight excluding hydrogens is 569 g/mol. The Kier molecular flexibility index (Phi) is 8.41. The number of benzene rings is 3. The van der Waals surface area contributed by atoms with Gasteiger partial charge in [-0.05, 0) is 73.1 Å². The van der Waals surface area contributed by atoms with E-state index in [1.165, 1.54) is 5.56 Å². The maximum atomic E-state index is 13.7. The molecule has 0 amide bonds. The van der Waals surface area contributed by atoms with E-state index < -0.39 is 5.92 Å². The lowest BCUT2D eigenvalue weighted by atomic mass is 9.71. The van der Waals surface area contributed by atoms with Gasteiger partial charge in [0, 0.05) is 52.9 Å². The fourth-order valence-corrected chi connectivity index (χ4v) is 7.02. The van der Waals surface area contributed by atoms with Crippen molar-refractivity contribution in [3.8, 4) is 11.5 Å². The Balaban J connectivity index is 1.41. The molecule has 0 radical (unpaired) electrons. The minimum Gasteiger partial charge on any atom is -0.493 e. The van der Waals surface area contributed by atoms with Crippen LogP contribution in [0.15, 0.2) is 89.3 Å². The molecule has 0 saturated carbocycles. The average molecular weight is 603 g/mol. The lowest BCUT2D eigenvalue weighted by Gasteiger charge is -2.44. The predicted molar refractivity (Wildman–Crippen MR) is 165 cm³/mol. The van der Waals surface area contributed by atoms with Gasteiger partial charge in [-0.25, -0.2) is 0 Å². The van der Waals surface area contributed by atoms with Gasteiger partial charge in [0.15, 0.2) is 23.1 Å². The molecule has 1 heterocycles. The van der Waals surface area contributed by atoms with Gasteiger partial charge in [0.05, 0.1) is 12.1 Å². The fraction of sp³-hybridized carbons (Fsp3) is 0.314. The van der Waals surface area contributed by atoms with Gasteiger partial charge in [0.1, 0.15) is 6.61 Å². The van der Waals surface area contributed by atoms with Gasteiger partial charge in [0.25, 0.3) is 0 Å². The highest BCUT2D eigenvalue weighted by Gasteiger charge is 2.43. The average Bonchev–Trinajstić information content (AvgIpc) is 2.99. The van der Waals surface area contributed by atoms with Crippen molar-refractivity contribution in [2.24, 2.45) is 0 Å². The van der Waals surface area contributed by atoms with Crippen molar-refractivity contribution in [2.75, 3.05) is 13.7 Å². The number of hydrogen-bond donors (Lipinski definition) is 0. The molecule has 0 aromatic heterocycles. The Morgan fingerprint density at radius 3 is 2.12 bits per heavy atom. The first-order valence-electron chi connectivity index (χ1n) is 14.5. The van der Waals surface area contributed by atoms with E-state index in [4.69, 9.17) is 32.7 Å². The van der Waals surface area contributed by atoms with Crippen LogP contribution in [0.2, 0.25) is 10.0 Å². The Bertz CT molecular complexity index is 1550. The summed E-state index contributed by atoms with van der Waals surface area (Å²) in [6.07, 6.45) is 5.02. The first-order valence-corrected chi connectivity index (χ1v) is 15.3. The van der Waals surface area contributed by atoms with E-state index >= 15 is 0 Å². The Labute approximate surface area is 256 Å². The number of halogens is 2. The van der Waals surface area contributed by atoms with Gasteiger partial charge < -0.3 is 14.4 Å². The third-order valence-electron chi connectivity index (χ3n) is 8.41. The highest BCUT2D eigenvalue weighted by Crippen LogP contribution is 2.51. The van der Waals surface area contributed by atoms with Crippen LogP contribution in [-0.2, 0) is 22.6 Å². The number of nitrogens with zero attached hydrogens (tertiary/aromatic N) is 1. The Hall–Kier alpha value is -3.54. The van der Waals surface area contributed by atoms with Crippen molar-refractivity contribution in [1.29, 1.82) is 0 Å². The molecule has 3 aromatic rings. The summed E-state index contributed by atoms with van der Waals surface area (Å²) in [6.45, 7) is 0.993. The topological polar surface area (TPSA) is 55.8 Å². The standard InChI is InChI=1S/C35H33Cl2NO4/c1-41-31-20-24(19-26(37)35(31)42-21-23-10-5-11-25(36)18-23)32-33-27(12-6-14-29(33)39)38(17-16-22-8-3-2-4-9-22)28-13-7-15-30(40)34(28)32/h2-5,8-11,18-20,32H,6-7,12-17,21H2,1H3. The summed E-state index contributed by atoms with van der Waals surface area (Å²) in [5.41, 5.74) is 6.48. The van der Waals surface area contributed by atoms with E-state index in [9.17, 15) is 9.59 Å². The number of rotatable bonds is 8. The summed E-state index contributed by atoms with van der Waals surface area (Å²) in [6, 6.07) is 21.5. The van der Waals surface area contributed by atoms with E-state index in [0.29, 0.717) is 34.4 Å². The highest BCUT2D eigenvalue weighted by molar-refractivity contribution is 6.32. The first kappa shape index (κ1) is 28.6. The number of ketones is 2. The van der Waals surface area contributed by atoms with Crippen LogP contribution >= 0.6 is 23.2 Å². The predicted octanol–water partition coefficient (Wildman–Crippen LogP) is 8.24. The SMILES string of the molecule is COc1cc(C2C3=C(CCCC3=O)N(CCc3ccccc3)C3=C2C(=O)CCC3)cc(Cl)c1OCc1cccc(Cl)c1. The maximum absolute atomic E-state index is 13.7. The summed E-state index contributed by atoms with van der Waals surface area (Å²) in [7, 11) is 1.57. The quantitative estimate of drug-likeness (QED) is 0.260. The molecule has 3 aromatic carbocycles. The van der Waals surface area contributed by atoms with Crippen LogP contribution in [0.1, 0.15) is 61.1 Å². The number of allylic oxidation sites excluding steroid dienone is 4. The molecule has 7 heteroatoms. The number of carbonyl (C=O) groups excluding carboxylic acids is 2. The van der Waals surface area contributed by atoms with Crippen LogP contribution in [0.5, 0.6) is 11.5 Å². The molecule has 0 bridgehead atoms. The van der Waals surface area contributed by atoms with Crippen molar-refractivity contribution in [3.05, 3.63) is 116 Å². The van der Waals surface area contributed by atoms with Gasteiger partial charge in [-0.1, -0.05) is 65.7 Å². The van der Waals surface area contributed by atoms with E-state index in [1.807, 2.05) is 54.6 Å². The molecule has 216 valence electrons. The molecule has 6 rings (SSSR count). The number of ether oxygens (including phenoxy) is 2. The fourth-order valence-electron chi connectivity index (χ4n) is 6.53. The third kappa shape index (κ3) is 5.60. The van der Waals surface area contributed by atoms with E-state index in [0.717, 1.165) is 72.3 Å². The van der Waals surface area contributed by atoms with Gasteiger partial charge >= 0.3 is 0 Å². The molecule has 0 spiro atoms. The maximum Gasteiger partial charge on any atom is 0.180 e. The Morgan fingerprint density at radius 1 is 0.810 bits per heavy atom. The highest BCUT2D eigenvalue weighted by atomic mass is 35.5. The zero-order valence-electron chi connectivity index (χ0n) is 23.6. The molecular formula is C35H33Cl2NO4. The van der Waals surface area contributed by atoms with Gasteiger partial charge in [-0.2, -0.15) is 0 Å². The Morgan fingerprint density at radius 2 is 1.48 bits per heavy atom. The molecule has 42 heavy (non-hydrogen) atoms. The van der Waals surface area contributed by atoms with Crippen LogP contribution in [-0.4, -0.2) is 30.1 Å². The van der Waals surface area contributed by atoms with Crippen LogP contribution in [0.4, 0.5) is 0 Å². The zero-order valence-corrected chi connectivity index (χ0v) is 25.1. The number of hydrogen-bond acceptors (Lipinski definition) is 5. The first-order chi connectivity index (χ1) is 20.4. The lowest BCUT2D eigenvalue weighted by Crippen LogP contribution is -2.40. The molecule has 0 fully saturated rings. The largest absolute Gasteiger partial charge is 0.493 e. The molecule has 1 aliphatic heterocycles. The monoisotopic (exact) mass is 601 g/mol. The van der Waals surface area contributed by atoms with Crippen LogP contribution < -0.4 is 9.47 Å². The second kappa shape index (κ2) is 12.4. The van der Waals surface area contributed by atoms with Crippen LogP contribution in [0.3, 0.4) is 0 Å². The minimum atomic E-state index is -0.475. The van der Waals surface area contributed by atoms with Crippen molar-refractivity contribution >= 4 is 34.8 Å². The van der Waals surface area contributed by atoms with E-state index in [-0.39, 0.29) is 18.2 Å². The number of Topliss-reactive ketones (excluding diaryl/α,β-unsaturated/α-hetero) is 2. The van der Waals surface area contributed by atoms with Crippen molar-refractivity contribution in [1.82, 2.24) is 4.90 Å². The molecule has 3 aliphatic rings. The molecule has 0 unspecified atom stereocenters. The van der Waals surface area contributed by atoms with Gasteiger partial charge in [-0.15, -0.1) is 0 Å². The van der Waals surface area contributed by atoms with E-state index in [1.54, 1.807) is 7.11 Å². The number of carbonyl (C=O) groups is 2. The smallest absolute Gasteiger partial charge is 0.180 e. The molecule has 0 N–H and O–H groups in total. The normalized spacial score (nSPS) is 17.4. The zero-order chi connectivity index (χ0) is 29.2. The van der Waals surface area contributed by atoms with Crippen molar-refractivity contribution < 1.29 is 19.1 Å². The minimum absolute atomic E-state index is 0.104. The van der Waals surface area contributed by atoms with Crippen LogP contribution in [0.25, 0.3) is 0 Å². The van der Waals surface area contributed by atoms with Gasteiger partial charge in [-0.3, -0.25) is 9.59 Å². The van der Waals surface area contributed by atoms with Gasteiger partial charge in [0.2, 0.25) is 0 Å². The summed E-state index contributed by atoms with van der Waals surface area (Å²) in [4.78, 5) is 29.7. The molecule has 0 saturated heterocycles. The lowest BCUT2D eigenvalue weighted by molar-refractivity contribution is -0.117. The molecule has 2 aliphatic carbocycles. The molecule has 0 atom stereocenters. The summed E-state index contributed by atoms with van der Waals surface area (Å²) < 4.78 is 11.9.